The van der Waals surface area contributed by atoms with Crippen molar-refractivity contribution >= 4 is 11.5 Å². The minimum Gasteiger partial charge on any atom is -0.399 e. The minimum absolute atomic E-state index is 0.0428. The van der Waals surface area contributed by atoms with Gasteiger partial charge >= 0.3 is 0 Å². The Bertz CT molecular complexity index is 561. The highest BCUT2D eigenvalue weighted by Gasteiger charge is 2.10. The quantitative estimate of drug-likeness (QED) is 0.644. The maximum atomic E-state index is 12.3. The van der Waals surface area contributed by atoms with Gasteiger partial charge in [0.2, 0.25) is 0 Å². The molecule has 0 saturated carbocycles. The van der Waals surface area contributed by atoms with Crippen LogP contribution in [0.15, 0.2) is 36.4 Å². The van der Waals surface area contributed by atoms with Gasteiger partial charge in [-0.15, -0.1) is 0 Å². The Morgan fingerprint density at radius 2 is 1.39 bits per heavy atom. The fraction of sp³-hybridized carbons (Fsp3) is 0.188. The van der Waals surface area contributed by atoms with E-state index in [0.29, 0.717) is 11.3 Å². The summed E-state index contributed by atoms with van der Waals surface area (Å²) < 4.78 is 0. The summed E-state index contributed by atoms with van der Waals surface area (Å²) in [7, 11) is 0. The normalized spacial score (nSPS) is 10.4. The van der Waals surface area contributed by atoms with E-state index < -0.39 is 0 Å². The number of benzene rings is 2. The number of hydrogen-bond donors (Lipinski definition) is 1. The highest BCUT2D eigenvalue weighted by atomic mass is 16.1. The summed E-state index contributed by atoms with van der Waals surface area (Å²) in [4.78, 5) is 12.3. The van der Waals surface area contributed by atoms with Gasteiger partial charge in [0, 0.05) is 16.8 Å². The van der Waals surface area contributed by atoms with E-state index in [0.717, 1.165) is 16.7 Å². The van der Waals surface area contributed by atoms with Crippen molar-refractivity contribution in [3.63, 3.8) is 0 Å². The second-order valence-electron chi connectivity index (χ2n) is 4.70. The Morgan fingerprint density at radius 1 is 0.833 bits per heavy atom. The van der Waals surface area contributed by atoms with Gasteiger partial charge in [0.05, 0.1) is 0 Å². The Kier molecular flexibility index (Phi) is 3.19. The van der Waals surface area contributed by atoms with Crippen molar-refractivity contribution in [3.8, 4) is 0 Å². The van der Waals surface area contributed by atoms with Crippen LogP contribution in [0, 0.1) is 20.8 Å². The van der Waals surface area contributed by atoms with Gasteiger partial charge < -0.3 is 5.73 Å². The van der Waals surface area contributed by atoms with Gasteiger partial charge in [0.25, 0.3) is 0 Å². The summed E-state index contributed by atoms with van der Waals surface area (Å²) in [5.41, 5.74) is 11.1. The molecule has 0 atom stereocenters. The fourth-order valence-corrected chi connectivity index (χ4v) is 1.87. The van der Waals surface area contributed by atoms with Gasteiger partial charge in [-0.2, -0.15) is 0 Å². The van der Waals surface area contributed by atoms with Crippen molar-refractivity contribution in [2.45, 2.75) is 20.8 Å². The Morgan fingerprint density at radius 3 is 1.94 bits per heavy atom. The van der Waals surface area contributed by atoms with Crippen molar-refractivity contribution < 1.29 is 4.79 Å². The monoisotopic (exact) mass is 239 g/mol. The number of nitrogens with two attached hydrogens (primary N) is 1. The number of aryl methyl sites for hydroxylation is 3. The van der Waals surface area contributed by atoms with Crippen LogP contribution in [-0.2, 0) is 0 Å². The molecule has 2 nitrogen and oxygen atoms in total. The van der Waals surface area contributed by atoms with Crippen molar-refractivity contribution in [1.82, 2.24) is 0 Å². The third-order valence-corrected chi connectivity index (χ3v) is 3.30. The lowest BCUT2D eigenvalue weighted by molar-refractivity contribution is 0.103. The first-order valence-corrected chi connectivity index (χ1v) is 5.97. The van der Waals surface area contributed by atoms with Crippen molar-refractivity contribution in [3.05, 3.63) is 64.2 Å². The summed E-state index contributed by atoms with van der Waals surface area (Å²) in [5, 5.41) is 0. The predicted molar refractivity (Wildman–Crippen MR) is 74.9 cm³/mol. The average molecular weight is 239 g/mol. The summed E-state index contributed by atoms with van der Waals surface area (Å²) in [6, 6.07) is 11.2. The highest BCUT2D eigenvalue weighted by Crippen LogP contribution is 2.18. The van der Waals surface area contributed by atoms with E-state index in [9.17, 15) is 4.79 Å². The number of rotatable bonds is 2. The van der Waals surface area contributed by atoms with Crippen molar-refractivity contribution in [1.29, 1.82) is 0 Å². The standard InChI is InChI=1S/C16H17NO/c1-10-4-5-13(8-11(10)2)16(18)14-6-7-15(17)12(3)9-14/h4-9H,17H2,1-3H3. The van der Waals surface area contributed by atoms with Crippen LogP contribution in [-0.4, -0.2) is 5.78 Å². The maximum absolute atomic E-state index is 12.3. The Balaban J connectivity index is 2.41. The molecular formula is C16H17NO. The van der Waals surface area contributed by atoms with Crippen molar-refractivity contribution in [2.75, 3.05) is 5.73 Å². The molecule has 2 aromatic rings. The van der Waals surface area contributed by atoms with Gasteiger partial charge in [0.1, 0.15) is 0 Å². The fourth-order valence-electron chi connectivity index (χ4n) is 1.87. The van der Waals surface area contributed by atoms with Crippen molar-refractivity contribution in [2.24, 2.45) is 0 Å². The Hall–Kier alpha value is -2.09. The zero-order valence-electron chi connectivity index (χ0n) is 10.9. The van der Waals surface area contributed by atoms with Gasteiger partial charge in [-0.25, -0.2) is 0 Å². The molecule has 0 fully saturated rings. The van der Waals surface area contributed by atoms with Gasteiger partial charge in [-0.1, -0.05) is 12.1 Å². The van der Waals surface area contributed by atoms with Gasteiger partial charge in [-0.3, -0.25) is 4.79 Å². The molecule has 0 saturated heterocycles. The third kappa shape index (κ3) is 2.28. The van der Waals surface area contributed by atoms with Crippen LogP contribution in [0.2, 0.25) is 0 Å². The minimum atomic E-state index is 0.0428. The lowest BCUT2D eigenvalue weighted by Gasteiger charge is -2.06. The number of ketones is 1. The summed E-state index contributed by atoms with van der Waals surface area (Å²) in [5.74, 6) is 0.0428. The summed E-state index contributed by atoms with van der Waals surface area (Å²) >= 11 is 0. The topological polar surface area (TPSA) is 43.1 Å². The molecule has 0 unspecified atom stereocenters. The van der Waals surface area contributed by atoms with Crippen LogP contribution >= 0.6 is 0 Å². The zero-order valence-corrected chi connectivity index (χ0v) is 10.9. The maximum Gasteiger partial charge on any atom is 0.193 e. The van der Waals surface area contributed by atoms with Crippen LogP contribution < -0.4 is 5.73 Å². The summed E-state index contributed by atoms with van der Waals surface area (Å²) in [6.45, 7) is 5.96. The number of nitrogen functional groups attached to an aromatic ring is 1. The second-order valence-corrected chi connectivity index (χ2v) is 4.70. The molecule has 0 radical (unpaired) electrons. The van der Waals surface area contributed by atoms with E-state index in [1.165, 1.54) is 5.56 Å². The first-order chi connectivity index (χ1) is 8.49. The lowest BCUT2D eigenvalue weighted by atomic mass is 9.98. The number of anilines is 1. The smallest absolute Gasteiger partial charge is 0.193 e. The van der Waals surface area contributed by atoms with E-state index in [1.807, 2.05) is 45.0 Å². The van der Waals surface area contributed by atoms with Crippen LogP contribution in [0.3, 0.4) is 0 Å². The van der Waals surface area contributed by atoms with Crippen LogP contribution in [0.1, 0.15) is 32.6 Å². The SMILES string of the molecule is Cc1ccc(C(=O)c2ccc(N)c(C)c2)cc1C. The Labute approximate surface area is 107 Å². The predicted octanol–water partition coefficient (Wildman–Crippen LogP) is 3.43. The molecule has 0 spiro atoms. The molecule has 18 heavy (non-hydrogen) atoms. The van der Waals surface area contributed by atoms with E-state index in [4.69, 9.17) is 5.73 Å². The largest absolute Gasteiger partial charge is 0.399 e. The van der Waals surface area contributed by atoms with Gasteiger partial charge in [0.15, 0.2) is 5.78 Å². The van der Waals surface area contributed by atoms with Crippen LogP contribution in [0.4, 0.5) is 5.69 Å². The highest BCUT2D eigenvalue weighted by molar-refractivity contribution is 6.09. The molecule has 2 aromatic carbocycles. The molecule has 0 aliphatic carbocycles. The summed E-state index contributed by atoms with van der Waals surface area (Å²) in [6.07, 6.45) is 0. The number of carbonyl (C=O) groups is 1. The molecule has 0 amide bonds. The first kappa shape index (κ1) is 12.4. The van der Waals surface area contributed by atoms with E-state index in [-0.39, 0.29) is 5.78 Å². The van der Waals surface area contributed by atoms with E-state index in [2.05, 4.69) is 0 Å². The number of hydrogen-bond acceptors (Lipinski definition) is 2. The average Bonchev–Trinajstić information content (AvgIpc) is 2.35. The molecule has 2 rings (SSSR count). The first-order valence-electron chi connectivity index (χ1n) is 5.97. The molecule has 0 aliphatic heterocycles. The second kappa shape index (κ2) is 4.65. The number of carbonyl (C=O) groups excluding carboxylic acids is 1. The molecule has 0 bridgehead atoms. The molecule has 0 heterocycles. The lowest BCUT2D eigenvalue weighted by Crippen LogP contribution is -2.03. The zero-order chi connectivity index (χ0) is 13.3. The van der Waals surface area contributed by atoms with Gasteiger partial charge in [-0.05, 0) is 61.7 Å². The molecule has 92 valence electrons. The van der Waals surface area contributed by atoms with E-state index >= 15 is 0 Å². The van der Waals surface area contributed by atoms with Crippen LogP contribution in [0.25, 0.3) is 0 Å². The molecule has 2 heteroatoms. The molecular weight excluding hydrogens is 222 g/mol. The van der Waals surface area contributed by atoms with E-state index in [1.54, 1.807) is 12.1 Å². The van der Waals surface area contributed by atoms with Crippen LogP contribution in [0.5, 0.6) is 0 Å². The molecule has 0 aromatic heterocycles. The molecule has 0 aliphatic rings. The molecule has 2 N–H and O–H groups in total. The third-order valence-electron chi connectivity index (χ3n) is 3.30.